The molecule has 1 atom stereocenters. The predicted molar refractivity (Wildman–Crippen MR) is 134 cm³/mol. The topological polar surface area (TPSA) is 108 Å². The van der Waals surface area contributed by atoms with Gasteiger partial charge >= 0.3 is 5.97 Å². The number of hydrogen-bond donors (Lipinski definition) is 1. The maximum Gasteiger partial charge on any atom is 0.338 e. The fourth-order valence-corrected chi connectivity index (χ4v) is 5.22. The molecule has 11 heteroatoms. The van der Waals surface area contributed by atoms with Crippen molar-refractivity contribution in [2.75, 3.05) is 17.7 Å². The molecule has 1 amide bonds. The number of nitrogens with one attached hydrogen (secondary N) is 1. The van der Waals surface area contributed by atoms with Crippen LogP contribution < -0.4 is 10.9 Å². The molecule has 9 nitrogen and oxygen atoms in total. The first-order valence-corrected chi connectivity index (χ1v) is 12.3. The number of carbonyl (C=O) groups excluding carboxylic acids is 2. The van der Waals surface area contributed by atoms with Gasteiger partial charge in [0.15, 0.2) is 10.8 Å². The lowest BCUT2D eigenvalue weighted by molar-refractivity contribution is -0.116. The molecule has 1 aliphatic heterocycles. The molecule has 0 bridgehead atoms. The summed E-state index contributed by atoms with van der Waals surface area (Å²) in [6, 6.07) is 13.3. The average molecular weight is 510 g/mol. The van der Waals surface area contributed by atoms with Gasteiger partial charge in [0.05, 0.1) is 30.1 Å². The molecule has 4 aromatic rings. The number of esters is 1. The van der Waals surface area contributed by atoms with Crippen molar-refractivity contribution in [3.8, 4) is 5.69 Å². The Bertz CT molecular complexity index is 1500. The second kappa shape index (κ2) is 9.55. The summed E-state index contributed by atoms with van der Waals surface area (Å²) in [6.45, 7) is 2.03. The van der Waals surface area contributed by atoms with Gasteiger partial charge in [0.2, 0.25) is 5.91 Å². The van der Waals surface area contributed by atoms with Crippen LogP contribution >= 0.6 is 23.4 Å². The summed E-state index contributed by atoms with van der Waals surface area (Å²) in [5, 5.41) is 8.63. The van der Waals surface area contributed by atoms with E-state index in [0.29, 0.717) is 50.5 Å². The fourth-order valence-electron chi connectivity index (χ4n) is 3.91. The maximum absolute atomic E-state index is 13.3. The average Bonchev–Trinajstić information content (AvgIpc) is 3.44. The first-order valence-electron chi connectivity index (χ1n) is 10.9. The molecule has 1 unspecified atom stereocenters. The summed E-state index contributed by atoms with van der Waals surface area (Å²) in [5.74, 6) is -0.106. The Kier molecular flexibility index (Phi) is 6.31. The number of aromatic nitrogens is 4. The van der Waals surface area contributed by atoms with E-state index in [4.69, 9.17) is 16.3 Å². The SMILES string of the molecule is CCOC(=O)c1ccc(NC(=O)CC2CSc3nc4c(cnn4-c4cccc(Cl)c4)c(=O)n32)cc1. The summed E-state index contributed by atoms with van der Waals surface area (Å²) in [6.07, 6.45) is 1.60. The fraction of sp³-hybridized carbons (Fsp3) is 0.208. The second-order valence-corrected chi connectivity index (χ2v) is 9.28. The lowest BCUT2D eigenvalue weighted by Crippen LogP contribution is -2.27. The van der Waals surface area contributed by atoms with Crippen molar-refractivity contribution in [1.29, 1.82) is 0 Å². The number of thioether (sulfide) groups is 1. The number of halogens is 1. The van der Waals surface area contributed by atoms with Gasteiger partial charge in [-0.25, -0.2) is 14.5 Å². The first kappa shape index (κ1) is 23.1. The summed E-state index contributed by atoms with van der Waals surface area (Å²) >= 11 is 7.53. The minimum absolute atomic E-state index is 0.106. The van der Waals surface area contributed by atoms with Gasteiger partial charge in [-0.1, -0.05) is 29.4 Å². The summed E-state index contributed by atoms with van der Waals surface area (Å²) < 4.78 is 8.12. The Labute approximate surface area is 209 Å². The largest absolute Gasteiger partial charge is 0.462 e. The molecule has 178 valence electrons. The van der Waals surface area contributed by atoms with E-state index in [2.05, 4.69) is 15.4 Å². The molecule has 5 rings (SSSR count). The van der Waals surface area contributed by atoms with E-state index < -0.39 is 5.97 Å². The molecule has 0 fully saturated rings. The van der Waals surface area contributed by atoms with Gasteiger partial charge in [-0.15, -0.1) is 0 Å². The Morgan fingerprint density at radius 3 is 2.77 bits per heavy atom. The van der Waals surface area contributed by atoms with Crippen LogP contribution in [0.4, 0.5) is 5.69 Å². The zero-order chi connectivity index (χ0) is 24.5. The molecule has 1 aliphatic rings. The van der Waals surface area contributed by atoms with E-state index in [1.165, 1.54) is 18.0 Å². The first-order chi connectivity index (χ1) is 16.9. The third-order valence-corrected chi connectivity index (χ3v) is 6.86. The van der Waals surface area contributed by atoms with Crippen LogP contribution in [0.15, 0.2) is 64.7 Å². The van der Waals surface area contributed by atoms with Crippen LogP contribution in [0.2, 0.25) is 5.02 Å². The molecule has 0 saturated heterocycles. The lowest BCUT2D eigenvalue weighted by Gasteiger charge is -2.13. The van der Waals surface area contributed by atoms with Crippen molar-refractivity contribution in [3.63, 3.8) is 0 Å². The van der Waals surface area contributed by atoms with Crippen molar-refractivity contribution in [1.82, 2.24) is 19.3 Å². The molecule has 3 heterocycles. The molecule has 2 aromatic carbocycles. The van der Waals surface area contributed by atoms with Crippen LogP contribution in [-0.4, -0.2) is 43.6 Å². The normalized spacial score (nSPS) is 14.6. The Morgan fingerprint density at radius 2 is 2.03 bits per heavy atom. The summed E-state index contributed by atoms with van der Waals surface area (Å²) in [4.78, 5) is 42.5. The van der Waals surface area contributed by atoms with Crippen molar-refractivity contribution < 1.29 is 14.3 Å². The molecular weight excluding hydrogens is 490 g/mol. The highest BCUT2D eigenvalue weighted by Crippen LogP contribution is 2.33. The van der Waals surface area contributed by atoms with Crippen molar-refractivity contribution in [3.05, 3.63) is 75.7 Å². The highest BCUT2D eigenvalue weighted by Gasteiger charge is 2.29. The summed E-state index contributed by atoms with van der Waals surface area (Å²) in [7, 11) is 0. The number of benzene rings is 2. The van der Waals surface area contributed by atoms with Crippen LogP contribution in [0.25, 0.3) is 16.7 Å². The summed E-state index contributed by atoms with van der Waals surface area (Å²) in [5.41, 5.74) is 1.88. The van der Waals surface area contributed by atoms with E-state index in [-0.39, 0.29) is 23.9 Å². The van der Waals surface area contributed by atoms with Gasteiger partial charge in [0, 0.05) is 22.9 Å². The molecule has 1 N–H and O–H groups in total. The molecule has 2 aromatic heterocycles. The van der Waals surface area contributed by atoms with E-state index >= 15 is 0 Å². The third-order valence-electron chi connectivity index (χ3n) is 5.52. The van der Waals surface area contributed by atoms with E-state index in [1.807, 2.05) is 6.07 Å². The number of rotatable bonds is 6. The molecule has 0 radical (unpaired) electrons. The zero-order valence-electron chi connectivity index (χ0n) is 18.6. The number of nitrogens with zero attached hydrogens (tertiary/aromatic N) is 4. The van der Waals surface area contributed by atoms with Crippen LogP contribution in [0.3, 0.4) is 0 Å². The molecular formula is C24H20ClN5O4S. The lowest BCUT2D eigenvalue weighted by atomic mass is 10.2. The van der Waals surface area contributed by atoms with Crippen LogP contribution in [0.1, 0.15) is 29.7 Å². The van der Waals surface area contributed by atoms with Crippen LogP contribution in [0, 0.1) is 0 Å². The van der Waals surface area contributed by atoms with Crippen molar-refractivity contribution in [2.45, 2.75) is 24.5 Å². The molecule has 35 heavy (non-hydrogen) atoms. The molecule has 0 aliphatic carbocycles. The Morgan fingerprint density at radius 1 is 1.23 bits per heavy atom. The number of anilines is 1. The minimum Gasteiger partial charge on any atom is -0.462 e. The number of fused-ring (bicyclic) bond motifs is 2. The van der Waals surface area contributed by atoms with Gasteiger partial charge in [-0.05, 0) is 49.4 Å². The van der Waals surface area contributed by atoms with Gasteiger partial charge in [0.1, 0.15) is 5.39 Å². The Balaban J connectivity index is 1.35. The van der Waals surface area contributed by atoms with E-state index in [1.54, 1.807) is 58.6 Å². The van der Waals surface area contributed by atoms with Gasteiger partial charge in [-0.3, -0.25) is 14.2 Å². The number of carbonyl (C=O) groups is 2. The number of ether oxygens (including phenoxy) is 1. The standard InChI is InChI=1S/C24H20ClN5O4S/c1-2-34-23(33)14-6-8-16(9-7-14)27-20(31)11-18-13-35-24-28-21-19(22(32)29(18)24)12-26-30(21)17-5-3-4-15(25)10-17/h3-10,12,18H,2,11,13H2,1H3,(H,27,31). The maximum atomic E-state index is 13.3. The predicted octanol–water partition coefficient (Wildman–Crippen LogP) is 4.09. The van der Waals surface area contributed by atoms with Crippen molar-refractivity contribution >= 4 is 52.0 Å². The second-order valence-electron chi connectivity index (χ2n) is 7.86. The van der Waals surface area contributed by atoms with Gasteiger partial charge in [0.25, 0.3) is 5.56 Å². The number of amides is 1. The zero-order valence-corrected chi connectivity index (χ0v) is 20.2. The monoisotopic (exact) mass is 509 g/mol. The van der Waals surface area contributed by atoms with Crippen LogP contribution in [0.5, 0.6) is 0 Å². The van der Waals surface area contributed by atoms with Crippen molar-refractivity contribution in [2.24, 2.45) is 0 Å². The molecule has 0 spiro atoms. The van der Waals surface area contributed by atoms with Crippen LogP contribution in [-0.2, 0) is 9.53 Å². The quantitative estimate of drug-likeness (QED) is 0.308. The molecule has 0 saturated carbocycles. The van der Waals surface area contributed by atoms with Gasteiger partial charge in [-0.2, -0.15) is 5.10 Å². The van der Waals surface area contributed by atoms with E-state index in [9.17, 15) is 14.4 Å². The Hall–Kier alpha value is -3.63. The number of hydrogen-bond acceptors (Lipinski definition) is 7. The smallest absolute Gasteiger partial charge is 0.338 e. The highest BCUT2D eigenvalue weighted by atomic mass is 35.5. The highest BCUT2D eigenvalue weighted by molar-refractivity contribution is 7.99. The van der Waals surface area contributed by atoms with Gasteiger partial charge < -0.3 is 10.1 Å². The minimum atomic E-state index is -0.415. The van der Waals surface area contributed by atoms with E-state index in [0.717, 1.165) is 0 Å². The third kappa shape index (κ3) is 4.54.